The van der Waals surface area contributed by atoms with Crippen molar-refractivity contribution in [3.05, 3.63) is 58.8 Å². The second kappa shape index (κ2) is 5.01. The topological polar surface area (TPSA) is 88.8 Å². The van der Waals surface area contributed by atoms with E-state index in [-0.39, 0.29) is 18.1 Å². The van der Waals surface area contributed by atoms with Crippen LogP contribution in [0.3, 0.4) is 0 Å². The maximum atomic E-state index is 13.1. The van der Waals surface area contributed by atoms with E-state index < -0.39 is 11.6 Å². The Labute approximate surface area is 108 Å². The number of hydrogen-bond acceptors (Lipinski definition) is 3. The number of pyridine rings is 1. The first-order chi connectivity index (χ1) is 8.95. The zero-order valence-corrected chi connectivity index (χ0v) is 9.95. The lowest BCUT2D eigenvalue weighted by Crippen LogP contribution is -2.15. The number of amidine groups is 1. The molecule has 0 amide bonds. The first-order valence-corrected chi connectivity index (χ1v) is 5.49. The highest BCUT2D eigenvalue weighted by Crippen LogP contribution is 2.16. The van der Waals surface area contributed by atoms with Gasteiger partial charge in [0.2, 0.25) is 0 Å². The Hall–Kier alpha value is -2.50. The molecule has 0 spiro atoms. The van der Waals surface area contributed by atoms with Crippen LogP contribution in [0.2, 0.25) is 0 Å². The van der Waals surface area contributed by atoms with Crippen LogP contribution in [0.1, 0.15) is 16.7 Å². The van der Waals surface area contributed by atoms with E-state index in [0.29, 0.717) is 16.7 Å². The number of nitrogen functional groups attached to an aromatic ring is 2. The van der Waals surface area contributed by atoms with Crippen molar-refractivity contribution < 1.29 is 8.78 Å². The molecule has 2 rings (SSSR count). The third-order valence-electron chi connectivity index (χ3n) is 2.60. The van der Waals surface area contributed by atoms with Gasteiger partial charge in [0.15, 0.2) is 0 Å². The predicted molar refractivity (Wildman–Crippen MR) is 68.8 cm³/mol. The zero-order chi connectivity index (χ0) is 14.0. The van der Waals surface area contributed by atoms with Crippen LogP contribution in [0.4, 0.5) is 14.6 Å². The van der Waals surface area contributed by atoms with Gasteiger partial charge in [-0.05, 0) is 35.7 Å². The van der Waals surface area contributed by atoms with Gasteiger partial charge in [0.1, 0.15) is 23.3 Å². The van der Waals surface area contributed by atoms with Gasteiger partial charge in [-0.15, -0.1) is 0 Å². The lowest BCUT2D eigenvalue weighted by atomic mass is 10.0. The molecule has 1 aromatic carbocycles. The number of benzene rings is 1. The van der Waals surface area contributed by atoms with Crippen LogP contribution >= 0.6 is 0 Å². The lowest BCUT2D eigenvalue weighted by Gasteiger charge is -2.07. The van der Waals surface area contributed by atoms with E-state index >= 15 is 0 Å². The highest BCUT2D eigenvalue weighted by Gasteiger charge is 2.07. The Morgan fingerprint density at radius 3 is 2.32 bits per heavy atom. The average Bonchev–Trinajstić information content (AvgIpc) is 2.30. The molecule has 19 heavy (non-hydrogen) atoms. The highest BCUT2D eigenvalue weighted by atomic mass is 19.1. The molecule has 5 N–H and O–H groups in total. The van der Waals surface area contributed by atoms with Gasteiger partial charge in [-0.1, -0.05) is 0 Å². The van der Waals surface area contributed by atoms with Gasteiger partial charge in [0.25, 0.3) is 0 Å². The second-order valence-electron chi connectivity index (χ2n) is 4.14. The molecule has 0 bridgehead atoms. The van der Waals surface area contributed by atoms with Crippen molar-refractivity contribution in [2.24, 2.45) is 5.73 Å². The van der Waals surface area contributed by atoms with E-state index in [4.69, 9.17) is 16.9 Å². The Bertz CT molecular complexity index is 620. The minimum absolute atomic E-state index is 0.154. The molecule has 98 valence electrons. The molecule has 0 unspecified atom stereocenters. The number of anilines is 1. The predicted octanol–water partition coefficient (Wildman–Crippen LogP) is 1.82. The maximum absolute atomic E-state index is 13.1. The molecule has 6 heteroatoms. The summed E-state index contributed by atoms with van der Waals surface area (Å²) in [4.78, 5) is 3.91. The summed E-state index contributed by atoms with van der Waals surface area (Å²) in [6.45, 7) is 0. The van der Waals surface area contributed by atoms with Gasteiger partial charge < -0.3 is 11.5 Å². The third-order valence-corrected chi connectivity index (χ3v) is 2.60. The number of nitrogens with one attached hydrogen (secondary N) is 1. The molecule has 0 saturated heterocycles. The monoisotopic (exact) mass is 262 g/mol. The molecule has 0 aliphatic heterocycles. The van der Waals surface area contributed by atoms with Crippen molar-refractivity contribution in [2.75, 3.05) is 5.73 Å². The van der Waals surface area contributed by atoms with Crippen molar-refractivity contribution in [2.45, 2.75) is 6.42 Å². The summed E-state index contributed by atoms with van der Waals surface area (Å²) in [6.07, 6.45) is 1.77. The van der Waals surface area contributed by atoms with E-state index in [1.165, 1.54) is 18.3 Å². The molecule has 0 aliphatic carbocycles. The van der Waals surface area contributed by atoms with Crippen molar-refractivity contribution in [3.63, 3.8) is 0 Å². The van der Waals surface area contributed by atoms with E-state index in [9.17, 15) is 8.78 Å². The quantitative estimate of drug-likeness (QED) is 0.582. The molecule has 0 radical (unpaired) electrons. The van der Waals surface area contributed by atoms with E-state index in [1.54, 1.807) is 6.07 Å². The fourth-order valence-electron chi connectivity index (χ4n) is 1.78. The fourth-order valence-corrected chi connectivity index (χ4v) is 1.78. The zero-order valence-electron chi connectivity index (χ0n) is 9.95. The lowest BCUT2D eigenvalue weighted by molar-refractivity contribution is 0.580. The van der Waals surface area contributed by atoms with Crippen molar-refractivity contribution in [3.8, 4) is 0 Å². The first kappa shape index (κ1) is 12.9. The fraction of sp³-hybridized carbons (Fsp3) is 0.0769. The van der Waals surface area contributed by atoms with Crippen molar-refractivity contribution in [1.29, 1.82) is 5.41 Å². The van der Waals surface area contributed by atoms with Crippen LogP contribution in [0.15, 0.2) is 30.5 Å². The SMILES string of the molecule is N=C(N)c1cc(Cc2cc(F)cc(F)c2)cnc1N. The van der Waals surface area contributed by atoms with Gasteiger partial charge in [-0.2, -0.15) is 0 Å². The van der Waals surface area contributed by atoms with E-state index in [1.807, 2.05) is 0 Å². The standard InChI is InChI=1S/C13H12F2N4/c14-9-2-7(3-10(15)5-9)1-8-4-11(12(16)17)13(18)19-6-8/h2-6H,1H2,(H3,16,17)(H2,18,19). The number of nitrogens with two attached hydrogens (primary N) is 2. The number of rotatable bonds is 3. The Morgan fingerprint density at radius 2 is 1.74 bits per heavy atom. The minimum atomic E-state index is -0.634. The van der Waals surface area contributed by atoms with Crippen molar-refractivity contribution >= 4 is 11.7 Å². The van der Waals surface area contributed by atoms with Gasteiger partial charge in [-0.3, -0.25) is 5.41 Å². The van der Waals surface area contributed by atoms with E-state index in [0.717, 1.165) is 6.07 Å². The minimum Gasteiger partial charge on any atom is -0.384 e. The Balaban J connectivity index is 2.33. The molecule has 2 aromatic rings. The molecule has 0 atom stereocenters. The number of hydrogen-bond donors (Lipinski definition) is 3. The molecular weight excluding hydrogens is 250 g/mol. The largest absolute Gasteiger partial charge is 0.384 e. The molecule has 1 heterocycles. The van der Waals surface area contributed by atoms with Gasteiger partial charge in [0, 0.05) is 12.3 Å². The Morgan fingerprint density at radius 1 is 1.11 bits per heavy atom. The van der Waals surface area contributed by atoms with Gasteiger partial charge >= 0.3 is 0 Å². The molecule has 0 aliphatic rings. The first-order valence-electron chi connectivity index (χ1n) is 5.49. The van der Waals surface area contributed by atoms with Crippen LogP contribution in [-0.2, 0) is 6.42 Å². The van der Waals surface area contributed by atoms with Crippen LogP contribution in [0.25, 0.3) is 0 Å². The maximum Gasteiger partial charge on any atom is 0.134 e. The molecule has 0 fully saturated rings. The molecular formula is C13H12F2N4. The summed E-state index contributed by atoms with van der Waals surface area (Å²) in [5.41, 5.74) is 12.4. The Kier molecular flexibility index (Phi) is 3.41. The summed E-state index contributed by atoms with van der Waals surface area (Å²) in [7, 11) is 0. The molecule has 1 aromatic heterocycles. The second-order valence-corrected chi connectivity index (χ2v) is 4.14. The van der Waals surface area contributed by atoms with Gasteiger partial charge in [0.05, 0.1) is 5.56 Å². The summed E-state index contributed by atoms with van der Waals surface area (Å²) >= 11 is 0. The van der Waals surface area contributed by atoms with Gasteiger partial charge in [-0.25, -0.2) is 13.8 Å². The summed E-state index contributed by atoms with van der Waals surface area (Å²) < 4.78 is 26.1. The summed E-state index contributed by atoms with van der Waals surface area (Å²) in [6, 6.07) is 4.89. The number of halogens is 2. The van der Waals surface area contributed by atoms with Crippen LogP contribution in [0, 0.1) is 17.0 Å². The molecule has 4 nitrogen and oxygen atoms in total. The summed E-state index contributed by atoms with van der Waals surface area (Å²) in [5, 5.41) is 7.36. The summed E-state index contributed by atoms with van der Waals surface area (Å²) in [5.74, 6) is -1.31. The van der Waals surface area contributed by atoms with Crippen LogP contribution in [0.5, 0.6) is 0 Å². The van der Waals surface area contributed by atoms with Crippen molar-refractivity contribution in [1.82, 2.24) is 4.98 Å². The number of nitrogens with zero attached hydrogens (tertiary/aromatic N) is 1. The normalized spacial score (nSPS) is 10.4. The smallest absolute Gasteiger partial charge is 0.134 e. The van der Waals surface area contributed by atoms with Crippen LogP contribution in [-0.4, -0.2) is 10.8 Å². The number of aromatic nitrogens is 1. The average molecular weight is 262 g/mol. The highest BCUT2D eigenvalue weighted by molar-refractivity contribution is 5.99. The third kappa shape index (κ3) is 3.04. The molecule has 0 saturated carbocycles. The van der Waals surface area contributed by atoms with E-state index in [2.05, 4.69) is 4.98 Å². The van der Waals surface area contributed by atoms with Crippen LogP contribution < -0.4 is 11.5 Å².